The summed E-state index contributed by atoms with van der Waals surface area (Å²) in [5.41, 5.74) is 5.79. The molecule has 1 atom stereocenters. The molecule has 0 fully saturated rings. The minimum atomic E-state index is 0.0273. The minimum absolute atomic E-state index is 0.0273. The van der Waals surface area contributed by atoms with Crippen LogP contribution in [0.1, 0.15) is 13.3 Å². The lowest BCUT2D eigenvalue weighted by Crippen LogP contribution is -2.19. The first-order chi connectivity index (χ1) is 12.6. The number of amides is 1. The maximum Gasteiger partial charge on any atom is 0.226 e. The third kappa shape index (κ3) is 3.26. The SMILES string of the molecule is C[C@@H]1CC(=O)Nc2cccc(Nc3cccc(-c4cnn(C)c4)c3)c2N1. The molecule has 0 radical (unpaired) electrons. The van der Waals surface area contributed by atoms with E-state index in [0.29, 0.717) is 6.42 Å². The first kappa shape index (κ1) is 16.2. The van der Waals surface area contributed by atoms with Gasteiger partial charge in [-0.05, 0) is 36.8 Å². The molecule has 6 nitrogen and oxygen atoms in total. The molecule has 4 rings (SSSR count). The average Bonchev–Trinajstić information content (AvgIpc) is 2.97. The number of fused-ring (bicyclic) bond motifs is 1. The third-order valence-electron chi connectivity index (χ3n) is 4.40. The minimum Gasteiger partial charge on any atom is -0.379 e. The number of nitrogens with zero attached hydrogens (tertiary/aromatic N) is 2. The quantitative estimate of drug-likeness (QED) is 0.670. The van der Waals surface area contributed by atoms with Gasteiger partial charge in [-0.25, -0.2) is 0 Å². The Morgan fingerprint density at radius 2 is 2.04 bits per heavy atom. The van der Waals surface area contributed by atoms with Crippen LogP contribution in [0, 0.1) is 0 Å². The number of para-hydroxylation sites is 1. The zero-order valence-electron chi connectivity index (χ0n) is 14.8. The van der Waals surface area contributed by atoms with Gasteiger partial charge in [0.15, 0.2) is 0 Å². The van der Waals surface area contributed by atoms with E-state index in [1.54, 1.807) is 4.68 Å². The number of carbonyl (C=O) groups is 1. The molecule has 1 amide bonds. The fraction of sp³-hybridized carbons (Fsp3) is 0.200. The molecule has 1 aliphatic rings. The number of rotatable bonds is 3. The van der Waals surface area contributed by atoms with E-state index < -0.39 is 0 Å². The normalized spacial score (nSPS) is 16.2. The van der Waals surface area contributed by atoms with Gasteiger partial charge in [0.05, 0.1) is 23.3 Å². The lowest BCUT2D eigenvalue weighted by atomic mass is 10.1. The second-order valence-corrected chi connectivity index (χ2v) is 6.63. The Morgan fingerprint density at radius 1 is 1.19 bits per heavy atom. The molecule has 0 aliphatic carbocycles. The topological polar surface area (TPSA) is 71.0 Å². The highest BCUT2D eigenvalue weighted by molar-refractivity contribution is 5.99. The van der Waals surface area contributed by atoms with E-state index in [0.717, 1.165) is 33.9 Å². The molecular weight excluding hydrogens is 326 g/mol. The fourth-order valence-corrected chi connectivity index (χ4v) is 3.20. The predicted octanol–water partition coefficient (Wildman–Crippen LogP) is 3.97. The van der Waals surface area contributed by atoms with E-state index in [1.165, 1.54) is 0 Å². The highest BCUT2D eigenvalue weighted by Crippen LogP contribution is 2.36. The summed E-state index contributed by atoms with van der Waals surface area (Å²) in [6, 6.07) is 14.1. The van der Waals surface area contributed by atoms with Gasteiger partial charge in [0.2, 0.25) is 5.91 Å². The molecular formula is C20H21N5O. The summed E-state index contributed by atoms with van der Waals surface area (Å²) < 4.78 is 1.79. The summed E-state index contributed by atoms with van der Waals surface area (Å²) in [6.07, 6.45) is 4.30. The summed E-state index contributed by atoms with van der Waals surface area (Å²) in [5, 5.41) is 14.1. The molecule has 3 N–H and O–H groups in total. The van der Waals surface area contributed by atoms with Crippen molar-refractivity contribution in [1.82, 2.24) is 9.78 Å². The van der Waals surface area contributed by atoms with E-state index >= 15 is 0 Å². The largest absolute Gasteiger partial charge is 0.379 e. The first-order valence-electron chi connectivity index (χ1n) is 8.64. The highest BCUT2D eigenvalue weighted by Gasteiger charge is 2.19. The van der Waals surface area contributed by atoms with Crippen molar-refractivity contribution in [2.75, 3.05) is 16.0 Å². The van der Waals surface area contributed by atoms with Crippen LogP contribution in [0.4, 0.5) is 22.7 Å². The molecule has 0 saturated carbocycles. The molecule has 2 heterocycles. The molecule has 0 spiro atoms. The molecule has 0 saturated heterocycles. The molecule has 1 aromatic heterocycles. The van der Waals surface area contributed by atoms with Crippen LogP contribution in [0.2, 0.25) is 0 Å². The van der Waals surface area contributed by atoms with Crippen molar-refractivity contribution < 1.29 is 4.79 Å². The molecule has 1 aliphatic heterocycles. The van der Waals surface area contributed by atoms with Crippen molar-refractivity contribution in [2.24, 2.45) is 7.05 Å². The van der Waals surface area contributed by atoms with Gasteiger partial charge in [0.25, 0.3) is 0 Å². The molecule has 0 unspecified atom stereocenters. The zero-order valence-corrected chi connectivity index (χ0v) is 14.8. The third-order valence-corrected chi connectivity index (χ3v) is 4.40. The van der Waals surface area contributed by atoms with Crippen LogP contribution in [-0.2, 0) is 11.8 Å². The smallest absolute Gasteiger partial charge is 0.226 e. The summed E-state index contributed by atoms with van der Waals surface area (Å²) >= 11 is 0. The molecule has 132 valence electrons. The van der Waals surface area contributed by atoms with Crippen molar-refractivity contribution >= 4 is 28.7 Å². The van der Waals surface area contributed by atoms with Crippen molar-refractivity contribution in [3.8, 4) is 11.1 Å². The molecule has 6 heteroatoms. The van der Waals surface area contributed by atoms with E-state index in [-0.39, 0.29) is 11.9 Å². The highest BCUT2D eigenvalue weighted by atomic mass is 16.1. The number of hydrogen-bond donors (Lipinski definition) is 3. The number of aryl methyl sites for hydroxylation is 1. The zero-order chi connectivity index (χ0) is 18.1. The summed E-state index contributed by atoms with van der Waals surface area (Å²) in [6.45, 7) is 2.01. The Kier molecular flexibility index (Phi) is 4.08. The summed E-state index contributed by atoms with van der Waals surface area (Å²) in [5.74, 6) is 0.0273. The average molecular weight is 347 g/mol. The van der Waals surface area contributed by atoms with E-state index in [2.05, 4.69) is 33.2 Å². The Bertz CT molecular complexity index is 962. The van der Waals surface area contributed by atoms with Gasteiger partial charge in [-0.15, -0.1) is 0 Å². The molecule has 0 bridgehead atoms. The van der Waals surface area contributed by atoms with Gasteiger partial charge >= 0.3 is 0 Å². The van der Waals surface area contributed by atoms with E-state index in [4.69, 9.17) is 0 Å². The van der Waals surface area contributed by atoms with Crippen LogP contribution >= 0.6 is 0 Å². The van der Waals surface area contributed by atoms with E-state index in [1.807, 2.05) is 56.7 Å². The van der Waals surface area contributed by atoms with Crippen LogP contribution in [-0.4, -0.2) is 21.7 Å². The van der Waals surface area contributed by atoms with Gasteiger partial charge < -0.3 is 16.0 Å². The number of benzene rings is 2. The van der Waals surface area contributed by atoms with Crippen LogP contribution in [0.3, 0.4) is 0 Å². The maximum atomic E-state index is 11.9. The van der Waals surface area contributed by atoms with Crippen LogP contribution < -0.4 is 16.0 Å². The number of aromatic nitrogens is 2. The molecule has 26 heavy (non-hydrogen) atoms. The standard InChI is InChI=1S/C20H21N5O/c1-13-9-19(26)24-18-8-4-7-17(20(18)22-13)23-16-6-3-5-14(10-16)15-11-21-25(2)12-15/h3-8,10-13,22-23H,9H2,1-2H3,(H,24,26)/t13-/m1/s1. The van der Waals surface area contributed by atoms with Crippen molar-refractivity contribution in [3.63, 3.8) is 0 Å². The summed E-state index contributed by atoms with van der Waals surface area (Å²) in [7, 11) is 1.91. The lowest BCUT2D eigenvalue weighted by Gasteiger charge is -2.18. The molecule has 3 aromatic rings. The Labute approximate surface area is 152 Å². The Balaban J connectivity index is 1.66. The van der Waals surface area contributed by atoms with Gasteiger partial charge in [-0.3, -0.25) is 9.48 Å². The molecule has 2 aromatic carbocycles. The van der Waals surface area contributed by atoms with Crippen LogP contribution in [0.15, 0.2) is 54.9 Å². The van der Waals surface area contributed by atoms with Gasteiger partial charge in [-0.1, -0.05) is 18.2 Å². The fourth-order valence-electron chi connectivity index (χ4n) is 3.20. The first-order valence-corrected chi connectivity index (χ1v) is 8.64. The van der Waals surface area contributed by atoms with Gasteiger partial charge in [0, 0.05) is 37.0 Å². The second-order valence-electron chi connectivity index (χ2n) is 6.63. The van der Waals surface area contributed by atoms with Crippen molar-refractivity contribution in [1.29, 1.82) is 0 Å². The van der Waals surface area contributed by atoms with Crippen LogP contribution in [0.25, 0.3) is 11.1 Å². The second kappa shape index (κ2) is 6.55. The van der Waals surface area contributed by atoms with E-state index in [9.17, 15) is 4.79 Å². The Hall–Kier alpha value is -3.28. The Morgan fingerprint density at radius 3 is 2.85 bits per heavy atom. The maximum absolute atomic E-state index is 11.9. The van der Waals surface area contributed by atoms with Gasteiger partial charge in [0.1, 0.15) is 0 Å². The number of carbonyl (C=O) groups excluding carboxylic acids is 1. The number of nitrogens with one attached hydrogen (secondary N) is 3. The summed E-state index contributed by atoms with van der Waals surface area (Å²) in [4.78, 5) is 11.9. The number of anilines is 4. The predicted molar refractivity (Wildman–Crippen MR) is 105 cm³/mol. The lowest BCUT2D eigenvalue weighted by molar-refractivity contribution is -0.116. The van der Waals surface area contributed by atoms with Crippen LogP contribution in [0.5, 0.6) is 0 Å². The van der Waals surface area contributed by atoms with Crippen molar-refractivity contribution in [2.45, 2.75) is 19.4 Å². The number of hydrogen-bond acceptors (Lipinski definition) is 4. The monoisotopic (exact) mass is 347 g/mol. The van der Waals surface area contributed by atoms with Gasteiger partial charge in [-0.2, -0.15) is 5.10 Å². The van der Waals surface area contributed by atoms with Crippen molar-refractivity contribution in [3.05, 3.63) is 54.9 Å².